The molecule has 94 valence electrons. The van der Waals surface area contributed by atoms with Crippen LogP contribution in [0.2, 0.25) is 5.02 Å². The van der Waals surface area contributed by atoms with Gasteiger partial charge in [0.15, 0.2) is 0 Å². The molecule has 0 amide bonds. The molecule has 0 aliphatic carbocycles. The summed E-state index contributed by atoms with van der Waals surface area (Å²) in [6.07, 6.45) is 1.08. The Bertz CT molecular complexity index is 376. The Morgan fingerprint density at radius 1 is 1.41 bits per heavy atom. The summed E-state index contributed by atoms with van der Waals surface area (Å²) in [4.78, 5) is 2.53. The monoisotopic (exact) mass is 252 g/mol. The van der Waals surface area contributed by atoms with E-state index in [9.17, 15) is 0 Å². The first-order valence-electron chi connectivity index (χ1n) is 6.27. The second-order valence-corrected chi connectivity index (χ2v) is 5.90. The predicted octanol–water partition coefficient (Wildman–Crippen LogP) is 2.57. The zero-order valence-electron chi connectivity index (χ0n) is 10.7. The average molecular weight is 253 g/mol. The zero-order chi connectivity index (χ0) is 12.3. The second-order valence-electron chi connectivity index (χ2n) is 5.47. The van der Waals surface area contributed by atoms with E-state index in [2.05, 4.69) is 36.2 Å². The number of rotatable bonds is 3. The van der Waals surface area contributed by atoms with Crippen molar-refractivity contribution in [2.45, 2.75) is 25.8 Å². The number of hydrogen-bond acceptors (Lipinski definition) is 2. The number of benzene rings is 1. The van der Waals surface area contributed by atoms with Gasteiger partial charge in [-0.25, -0.2) is 0 Å². The van der Waals surface area contributed by atoms with E-state index in [1.165, 1.54) is 5.56 Å². The van der Waals surface area contributed by atoms with E-state index in [-0.39, 0.29) is 5.54 Å². The molecule has 1 N–H and O–H groups in total. The van der Waals surface area contributed by atoms with Gasteiger partial charge in [0.2, 0.25) is 0 Å². The Kier molecular flexibility index (Phi) is 4.08. The summed E-state index contributed by atoms with van der Waals surface area (Å²) in [5.74, 6) is 0. The third-order valence-electron chi connectivity index (χ3n) is 3.26. The van der Waals surface area contributed by atoms with Crippen LogP contribution in [0.25, 0.3) is 0 Å². The van der Waals surface area contributed by atoms with Gasteiger partial charge in [0.1, 0.15) is 0 Å². The van der Waals surface area contributed by atoms with Crippen LogP contribution in [0.15, 0.2) is 24.3 Å². The van der Waals surface area contributed by atoms with E-state index in [4.69, 9.17) is 11.6 Å². The fourth-order valence-electron chi connectivity index (χ4n) is 2.42. The maximum absolute atomic E-state index is 5.99. The molecule has 0 aromatic heterocycles. The second kappa shape index (κ2) is 5.38. The van der Waals surface area contributed by atoms with Gasteiger partial charge in [0.05, 0.1) is 0 Å². The number of piperazine rings is 1. The van der Waals surface area contributed by atoms with Crippen molar-refractivity contribution in [3.63, 3.8) is 0 Å². The minimum Gasteiger partial charge on any atom is -0.309 e. The van der Waals surface area contributed by atoms with Gasteiger partial charge in [-0.3, -0.25) is 4.90 Å². The lowest BCUT2D eigenvalue weighted by atomic mass is 10.0. The van der Waals surface area contributed by atoms with Crippen LogP contribution in [0.3, 0.4) is 0 Å². The maximum Gasteiger partial charge on any atom is 0.0408 e. The van der Waals surface area contributed by atoms with E-state index < -0.39 is 0 Å². The van der Waals surface area contributed by atoms with E-state index in [1.54, 1.807) is 0 Å². The molecule has 1 aromatic carbocycles. The van der Waals surface area contributed by atoms with Crippen LogP contribution in [0.1, 0.15) is 19.4 Å². The molecule has 0 bridgehead atoms. The van der Waals surface area contributed by atoms with Gasteiger partial charge in [-0.2, -0.15) is 0 Å². The lowest BCUT2D eigenvalue weighted by molar-refractivity contribution is 0.156. The van der Waals surface area contributed by atoms with Gasteiger partial charge in [-0.1, -0.05) is 23.7 Å². The van der Waals surface area contributed by atoms with E-state index >= 15 is 0 Å². The topological polar surface area (TPSA) is 15.3 Å². The fourth-order valence-corrected chi connectivity index (χ4v) is 2.63. The van der Waals surface area contributed by atoms with Crippen molar-refractivity contribution in [2.24, 2.45) is 0 Å². The van der Waals surface area contributed by atoms with Gasteiger partial charge in [-0.15, -0.1) is 0 Å². The van der Waals surface area contributed by atoms with E-state index in [0.717, 1.165) is 37.6 Å². The molecule has 0 radical (unpaired) electrons. The van der Waals surface area contributed by atoms with Crippen molar-refractivity contribution >= 4 is 11.6 Å². The average Bonchev–Trinajstić information content (AvgIpc) is 2.25. The fraction of sp³-hybridized carbons (Fsp3) is 0.571. The molecule has 1 aliphatic rings. The first-order valence-corrected chi connectivity index (χ1v) is 6.65. The molecule has 3 heteroatoms. The van der Waals surface area contributed by atoms with Crippen molar-refractivity contribution in [3.8, 4) is 0 Å². The van der Waals surface area contributed by atoms with Gasteiger partial charge >= 0.3 is 0 Å². The molecule has 0 spiro atoms. The third kappa shape index (κ3) is 3.98. The lowest BCUT2D eigenvalue weighted by Gasteiger charge is -2.39. The highest BCUT2D eigenvalue weighted by atomic mass is 35.5. The highest BCUT2D eigenvalue weighted by Gasteiger charge is 2.24. The lowest BCUT2D eigenvalue weighted by Crippen LogP contribution is -2.57. The summed E-state index contributed by atoms with van der Waals surface area (Å²) in [5, 5.41) is 4.37. The highest BCUT2D eigenvalue weighted by Crippen LogP contribution is 2.14. The Balaban J connectivity index is 1.86. The number of nitrogens with zero attached hydrogens (tertiary/aromatic N) is 1. The molecule has 2 rings (SSSR count). The molecule has 0 saturated carbocycles. The van der Waals surface area contributed by atoms with Crippen LogP contribution < -0.4 is 5.32 Å². The van der Waals surface area contributed by atoms with Crippen molar-refractivity contribution < 1.29 is 0 Å². The predicted molar refractivity (Wildman–Crippen MR) is 73.7 cm³/mol. The normalized spacial score (nSPS) is 20.4. The number of nitrogens with one attached hydrogen (secondary N) is 1. The summed E-state index contributed by atoms with van der Waals surface area (Å²) >= 11 is 5.99. The molecule has 1 saturated heterocycles. The standard InChI is InChI=1S/C14H21ClN2/c1-14(2)11-17(9-7-16-14)8-6-12-4-3-5-13(15)10-12/h3-5,10,16H,6-9,11H2,1-2H3. The van der Waals surface area contributed by atoms with Gasteiger partial charge in [-0.05, 0) is 38.0 Å². The molecule has 0 atom stereocenters. The molecule has 2 nitrogen and oxygen atoms in total. The molecular weight excluding hydrogens is 232 g/mol. The molecule has 1 aromatic rings. The summed E-state index contributed by atoms with van der Waals surface area (Å²) < 4.78 is 0. The summed E-state index contributed by atoms with van der Waals surface area (Å²) in [5.41, 5.74) is 1.57. The van der Waals surface area contributed by atoms with Gasteiger partial charge in [0, 0.05) is 36.7 Å². The van der Waals surface area contributed by atoms with E-state index in [1.807, 2.05) is 12.1 Å². The summed E-state index contributed by atoms with van der Waals surface area (Å²) in [7, 11) is 0. The van der Waals surface area contributed by atoms with Gasteiger partial charge in [0.25, 0.3) is 0 Å². The summed E-state index contributed by atoms with van der Waals surface area (Å²) in [6.45, 7) is 8.99. The highest BCUT2D eigenvalue weighted by molar-refractivity contribution is 6.30. The van der Waals surface area contributed by atoms with Crippen LogP contribution >= 0.6 is 11.6 Å². The van der Waals surface area contributed by atoms with Crippen molar-refractivity contribution in [2.75, 3.05) is 26.2 Å². The van der Waals surface area contributed by atoms with E-state index in [0.29, 0.717) is 0 Å². The minimum atomic E-state index is 0.243. The number of hydrogen-bond donors (Lipinski definition) is 1. The Morgan fingerprint density at radius 2 is 2.24 bits per heavy atom. The quantitative estimate of drug-likeness (QED) is 0.890. The van der Waals surface area contributed by atoms with Crippen LogP contribution in [0, 0.1) is 0 Å². The Hall–Kier alpha value is -0.570. The van der Waals surface area contributed by atoms with Crippen LogP contribution in [-0.2, 0) is 6.42 Å². The van der Waals surface area contributed by atoms with Gasteiger partial charge < -0.3 is 5.32 Å². The third-order valence-corrected chi connectivity index (χ3v) is 3.49. The molecular formula is C14H21ClN2. The first-order chi connectivity index (χ1) is 8.05. The van der Waals surface area contributed by atoms with Crippen LogP contribution in [0.4, 0.5) is 0 Å². The van der Waals surface area contributed by atoms with Crippen molar-refractivity contribution in [3.05, 3.63) is 34.9 Å². The molecule has 0 unspecified atom stereocenters. The molecule has 17 heavy (non-hydrogen) atoms. The SMILES string of the molecule is CC1(C)CN(CCc2cccc(Cl)c2)CCN1. The minimum absolute atomic E-state index is 0.243. The molecule has 1 aliphatic heterocycles. The number of halogens is 1. The molecule has 1 fully saturated rings. The largest absolute Gasteiger partial charge is 0.309 e. The Labute approximate surface area is 109 Å². The van der Waals surface area contributed by atoms with Crippen molar-refractivity contribution in [1.29, 1.82) is 0 Å². The van der Waals surface area contributed by atoms with Crippen LogP contribution in [-0.4, -0.2) is 36.6 Å². The summed E-state index contributed by atoms with van der Waals surface area (Å²) in [6, 6.07) is 8.17. The van der Waals surface area contributed by atoms with Crippen molar-refractivity contribution in [1.82, 2.24) is 10.2 Å². The zero-order valence-corrected chi connectivity index (χ0v) is 11.4. The first kappa shape index (κ1) is 12.9. The Morgan fingerprint density at radius 3 is 2.94 bits per heavy atom. The maximum atomic E-state index is 5.99. The smallest absolute Gasteiger partial charge is 0.0408 e. The van der Waals surface area contributed by atoms with Crippen LogP contribution in [0.5, 0.6) is 0 Å². The molecule has 1 heterocycles.